The van der Waals surface area contributed by atoms with E-state index < -0.39 is 0 Å². The van der Waals surface area contributed by atoms with Crippen LogP contribution in [0, 0.1) is 10.1 Å². The average molecular weight is 266 g/mol. The molecular weight excluding hydrogens is 244 g/mol. The Morgan fingerprint density at radius 3 is 2.58 bits per heavy atom. The number of hydrogen-bond donors (Lipinski definition) is 1. The van der Waals surface area contributed by atoms with Crippen LogP contribution in [-0.2, 0) is 0 Å². The fourth-order valence-electron chi connectivity index (χ4n) is 1.91. The Bertz CT molecular complexity index is 435. The number of hydrogen-bond acceptors (Lipinski definition) is 5. The van der Waals surface area contributed by atoms with Crippen molar-refractivity contribution in [3.05, 3.63) is 22.2 Å². The molecule has 1 heterocycles. The van der Waals surface area contributed by atoms with Gasteiger partial charge in [0.15, 0.2) is 0 Å². The molecule has 1 rings (SSSR count). The zero-order valence-corrected chi connectivity index (χ0v) is 12.0. The first-order valence-electron chi connectivity index (χ1n) is 6.67. The molecule has 0 aliphatic carbocycles. The lowest BCUT2D eigenvalue weighted by Crippen LogP contribution is -2.32. The van der Waals surface area contributed by atoms with E-state index in [9.17, 15) is 10.1 Å². The molecule has 0 unspecified atom stereocenters. The smallest absolute Gasteiger partial charge is 0.311 e. The number of aromatic nitrogens is 1. The van der Waals surface area contributed by atoms with Crippen molar-refractivity contribution in [3.8, 4) is 0 Å². The van der Waals surface area contributed by atoms with Crippen molar-refractivity contribution in [1.29, 1.82) is 0 Å². The lowest BCUT2D eigenvalue weighted by molar-refractivity contribution is -0.384. The van der Waals surface area contributed by atoms with Crippen LogP contribution < -0.4 is 10.2 Å². The molecule has 0 atom stereocenters. The molecule has 0 bridgehead atoms. The minimum Gasteiger partial charge on any atom is -0.370 e. The minimum atomic E-state index is -0.378. The van der Waals surface area contributed by atoms with E-state index in [4.69, 9.17) is 0 Å². The summed E-state index contributed by atoms with van der Waals surface area (Å²) in [4.78, 5) is 17.1. The highest BCUT2D eigenvalue weighted by molar-refractivity contribution is 5.62. The predicted molar refractivity (Wildman–Crippen MR) is 77.8 cm³/mol. The van der Waals surface area contributed by atoms with Crippen molar-refractivity contribution in [2.24, 2.45) is 0 Å². The molecule has 6 heteroatoms. The summed E-state index contributed by atoms with van der Waals surface area (Å²) in [5.41, 5.74) is 0.0533. The second-order valence-corrected chi connectivity index (χ2v) is 4.60. The van der Waals surface area contributed by atoms with Crippen molar-refractivity contribution in [2.45, 2.75) is 40.2 Å². The maximum absolute atomic E-state index is 11.1. The van der Waals surface area contributed by atoms with E-state index in [1.807, 2.05) is 25.7 Å². The number of nitro groups is 1. The Labute approximate surface area is 114 Å². The normalized spacial score (nSPS) is 10.6. The van der Waals surface area contributed by atoms with Crippen LogP contribution in [0.15, 0.2) is 12.1 Å². The maximum atomic E-state index is 11.1. The molecule has 1 aromatic rings. The van der Waals surface area contributed by atoms with Gasteiger partial charge in [-0.05, 0) is 33.3 Å². The Hall–Kier alpha value is -1.85. The van der Waals surface area contributed by atoms with Crippen molar-refractivity contribution in [2.75, 3.05) is 23.3 Å². The molecule has 0 amide bonds. The Morgan fingerprint density at radius 2 is 2.11 bits per heavy atom. The molecular formula is C13H22N4O2. The van der Waals surface area contributed by atoms with Gasteiger partial charge < -0.3 is 10.2 Å². The summed E-state index contributed by atoms with van der Waals surface area (Å²) < 4.78 is 0. The lowest BCUT2D eigenvalue weighted by atomic mass is 10.2. The van der Waals surface area contributed by atoms with E-state index in [1.165, 1.54) is 6.07 Å². The van der Waals surface area contributed by atoms with Crippen LogP contribution in [-0.4, -0.2) is 29.0 Å². The summed E-state index contributed by atoms with van der Waals surface area (Å²) in [7, 11) is 0. The molecule has 0 aliphatic heterocycles. The first kappa shape index (κ1) is 15.2. The summed E-state index contributed by atoms with van der Waals surface area (Å²) in [5, 5.41) is 14.3. The Kier molecular flexibility index (Phi) is 5.54. The largest absolute Gasteiger partial charge is 0.370 e. The number of anilines is 2. The van der Waals surface area contributed by atoms with E-state index in [1.54, 1.807) is 6.07 Å². The van der Waals surface area contributed by atoms with E-state index in [2.05, 4.69) is 17.2 Å². The monoisotopic (exact) mass is 266 g/mol. The molecule has 0 spiro atoms. The third-order valence-electron chi connectivity index (χ3n) is 2.84. The van der Waals surface area contributed by atoms with Crippen LogP contribution in [0.25, 0.3) is 0 Å². The van der Waals surface area contributed by atoms with Gasteiger partial charge in [0, 0.05) is 25.2 Å². The van der Waals surface area contributed by atoms with Crippen LogP contribution in [0.2, 0.25) is 0 Å². The molecule has 1 aromatic heterocycles. The summed E-state index contributed by atoms with van der Waals surface area (Å²) in [6, 6.07) is 3.34. The highest BCUT2D eigenvalue weighted by Crippen LogP contribution is 2.28. The quantitative estimate of drug-likeness (QED) is 0.606. The topological polar surface area (TPSA) is 71.3 Å². The average Bonchev–Trinajstić information content (AvgIpc) is 2.36. The molecule has 0 saturated heterocycles. The Morgan fingerprint density at radius 1 is 1.42 bits per heavy atom. The number of pyridine rings is 1. The number of nitrogens with one attached hydrogen (secondary N) is 1. The van der Waals surface area contributed by atoms with E-state index in [0.717, 1.165) is 13.0 Å². The van der Waals surface area contributed by atoms with Crippen LogP contribution in [0.5, 0.6) is 0 Å². The highest BCUT2D eigenvalue weighted by Gasteiger charge is 2.22. The van der Waals surface area contributed by atoms with Crippen molar-refractivity contribution >= 4 is 17.3 Å². The third kappa shape index (κ3) is 3.81. The number of rotatable bonds is 7. The predicted octanol–water partition coefficient (Wildman–Crippen LogP) is 3.05. The van der Waals surface area contributed by atoms with Gasteiger partial charge in [0.25, 0.3) is 0 Å². The lowest BCUT2D eigenvalue weighted by Gasteiger charge is -2.26. The molecule has 6 nitrogen and oxygen atoms in total. The molecule has 1 N–H and O–H groups in total. The van der Waals surface area contributed by atoms with Gasteiger partial charge in [-0.15, -0.1) is 0 Å². The standard InChI is InChI=1S/C13H22N4O2/c1-5-9-14-12-8-7-11(17(18)19)13(15-12)16(6-2)10(3)4/h7-8,10H,5-6,9H2,1-4H3,(H,14,15). The van der Waals surface area contributed by atoms with Crippen LogP contribution in [0.1, 0.15) is 34.1 Å². The van der Waals surface area contributed by atoms with Gasteiger partial charge in [-0.3, -0.25) is 10.1 Å². The zero-order chi connectivity index (χ0) is 14.4. The molecule has 0 saturated carbocycles. The molecule has 0 radical (unpaired) electrons. The fourth-order valence-corrected chi connectivity index (χ4v) is 1.91. The van der Waals surface area contributed by atoms with Crippen LogP contribution >= 0.6 is 0 Å². The Balaban J connectivity index is 3.17. The zero-order valence-electron chi connectivity index (χ0n) is 12.0. The van der Waals surface area contributed by atoms with Gasteiger partial charge >= 0.3 is 5.69 Å². The van der Waals surface area contributed by atoms with Gasteiger partial charge in [0.2, 0.25) is 5.82 Å². The van der Waals surface area contributed by atoms with E-state index in [-0.39, 0.29) is 16.7 Å². The minimum absolute atomic E-state index is 0.0533. The summed E-state index contributed by atoms with van der Waals surface area (Å²) in [5.74, 6) is 1.12. The SMILES string of the molecule is CCCNc1ccc([N+](=O)[O-])c(N(CC)C(C)C)n1. The summed E-state index contributed by atoms with van der Waals surface area (Å²) >= 11 is 0. The van der Waals surface area contributed by atoms with Gasteiger partial charge in [-0.1, -0.05) is 6.92 Å². The molecule has 0 fully saturated rings. The molecule has 19 heavy (non-hydrogen) atoms. The van der Waals surface area contributed by atoms with Gasteiger partial charge in [-0.25, -0.2) is 4.98 Å². The molecule has 0 aliphatic rings. The molecule has 106 valence electrons. The summed E-state index contributed by atoms with van der Waals surface area (Å²) in [6.07, 6.45) is 0.982. The fraction of sp³-hybridized carbons (Fsp3) is 0.615. The van der Waals surface area contributed by atoms with Crippen LogP contribution in [0.4, 0.5) is 17.3 Å². The highest BCUT2D eigenvalue weighted by atomic mass is 16.6. The first-order valence-corrected chi connectivity index (χ1v) is 6.67. The van der Waals surface area contributed by atoms with Gasteiger partial charge in [0.1, 0.15) is 5.82 Å². The van der Waals surface area contributed by atoms with Crippen molar-refractivity contribution < 1.29 is 4.92 Å². The first-order chi connectivity index (χ1) is 9.01. The van der Waals surface area contributed by atoms with Crippen LogP contribution in [0.3, 0.4) is 0 Å². The van der Waals surface area contributed by atoms with E-state index >= 15 is 0 Å². The third-order valence-corrected chi connectivity index (χ3v) is 2.84. The molecule has 0 aromatic carbocycles. The van der Waals surface area contributed by atoms with Gasteiger partial charge in [0.05, 0.1) is 4.92 Å². The maximum Gasteiger partial charge on any atom is 0.311 e. The second-order valence-electron chi connectivity index (χ2n) is 4.60. The summed E-state index contributed by atoms with van der Waals surface area (Å²) in [6.45, 7) is 9.52. The van der Waals surface area contributed by atoms with Gasteiger partial charge in [-0.2, -0.15) is 0 Å². The second kappa shape index (κ2) is 6.92. The van der Waals surface area contributed by atoms with Crippen molar-refractivity contribution in [3.63, 3.8) is 0 Å². The van der Waals surface area contributed by atoms with E-state index in [0.29, 0.717) is 18.2 Å². The number of nitrogens with zero attached hydrogens (tertiary/aromatic N) is 3. The van der Waals surface area contributed by atoms with Crippen molar-refractivity contribution in [1.82, 2.24) is 4.98 Å².